The van der Waals surface area contributed by atoms with Crippen molar-refractivity contribution < 1.29 is 4.52 Å². The van der Waals surface area contributed by atoms with Crippen LogP contribution in [-0.2, 0) is 0 Å². The molecule has 0 bridgehead atoms. The zero-order chi connectivity index (χ0) is 13.8. The van der Waals surface area contributed by atoms with Crippen LogP contribution in [0.5, 0.6) is 0 Å². The molecule has 0 amide bonds. The molecule has 5 heteroatoms. The van der Waals surface area contributed by atoms with E-state index in [1.54, 1.807) is 12.4 Å². The summed E-state index contributed by atoms with van der Waals surface area (Å²) in [6.07, 6.45) is 10.9. The molecule has 0 aliphatic heterocycles. The zero-order valence-electron chi connectivity index (χ0n) is 11.5. The molecule has 1 fully saturated rings. The Balaban J connectivity index is 1.66. The van der Waals surface area contributed by atoms with Gasteiger partial charge in [-0.3, -0.25) is 4.98 Å². The van der Waals surface area contributed by atoms with Crippen molar-refractivity contribution in [2.75, 3.05) is 0 Å². The van der Waals surface area contributed by atoms with Gasteiger partial charge < -0.3 is 10.3 Å². The first-order valence-electron chi connectivity index (χ1n) is 7.32. The van der Waals surface area contributed by atoms with E-state index in [2.05, 4.69) is 15.1 Å². The molecule has 2 aromatic rings. The molecule has 1 aliphatic carbocycles. The second-order valence-corrected chi connectivity index (χ2v) is 5.54. The normalized spacial score (nSPS) is 18.1. The van der Waals surface area contributed by atoms with Crippen molar-refractivity contribution in [3.05, 3.63) is 30.4 Å². The molecule has 1 unspecified atom stereocenters. The molecule has 3 rings (SSSR count). The van der Waals surface area contributed by atoms with Crippen molar-refractivity contribution in [1.29, 1.82) is 0 Å². The summed E-state index contributed by atoms with van der Waals surface area (Å²) in [6, 6.07) is 3.61. The molecular weight excluding hydrogens is 252 g/mol. The number of aromatic nitrogens is 3. The number of pyridine rings is 1. The molecule has 0 aromatic carbocycles. The number of nitrogens with zero attached hydrogens (tertiary/aromatic N) is 3. The summed E-state index contributed by atoms with van der Waals surface area (Å²) in [7, 11) is 0. The number of hydrogen-bond donors (Lipinski definition) is 1. The van der Waals surface area contributed by atoms with Gasteiger partial charge in [0.05, 0.1) is 6.04 Å². The number of rotatable bonds is 4. The molecule has 2 aromatic heterocycles. The minimum Gasteiger partial charge on any atom is -0.337 e. The lowest BCUT2D eigenvalue weighted by atomic mass is 9.85. The summed E-state index contributed by atoms with van der Waals surface area (Å²) in [5.74, 6) is 1.80. The Morgan fingerprint density at radius 1 is 1.30 bits per heavy atom. The Bertz CT molecular complexity index is 534. The van der Waals surface area contributed by atoms with Gasteiger partial charge in [-0.25, -0.2) is 0 Å². The van der Waals surface area contributed by atoms with E-state index in [0.29, 0.717) is 17.6 Å². The fraction of sp³-hybridized carbons (Fsp3) is 0.533. The largest absolute Gasteiger partial charge is 0.337 e. The van der Waals surface area contributed by atoms with E-state index >= 15 is 0 Å². The lowest BCUT2D eigenvalue weighted by Crippen LogP contribution is -2.17. The fourth-order valence-electron chi connectivity index (χ4n) is 2.88. The van der Waals surface area contributed by atoms with Crippen molar-refractivity contribution in [2.24, 2.45) is 11.7 Å². The summed E-state index contributed by atoms with van der Waals surface area (Å²) in [4.78, 5) is 8.46. The lowest BCUT2D eigenvalue weighted by molar-refractivity contribution is 0.284. The number of nitrogens with two attached hydrogens (primary N) is 1. The Morgan fingerprint density at radius 2 is 2.15 bits per heavy atom. The standard InChI is InChI=1S/C15H20N4O/c16-13(9-11-5-2-1-3-6-11)15-18-14(19-20-15)12-7-4-8-17-10-12/h4,7-8,10-11,13H,1-3,5-6,9,16H2. The van der Waals surface area contributed by atoms with Crippen molar-refractivity contribution >= 4 is 0 Å². The summed E-state index contributed by atoms with van der Waals surface area (Å²) in [5, 5.41) is 3.99. The van der Waals surface area contributed by atoms with Crippen LogP contribution in [0.15, 0.2) is 29.0 Å². The van der Waals surface area contributed by atoms with E-state index < -0.39 is 0 Å². The van der Waals surface area contributed by atoms with Gasteiger partial charge in [-0.05, 0) is 24.5 Å². The van der Waals surface area contributed by atoms with E-state index in [1.807, 2.05) is 12.1 Å². The summed E-state index contributed by atoms with van der Waals surface area (Å²) in [5.41, 5.74) is 7.06. The Labute approximate surface area is 118 Å². The Hall–Kier alpha value is -1.75. The maximum Gasteiger partial charge on any atom is 0.243 e. The van der Waals surface area contributed by atoms with Crippen LogP contribution in [0.1, 0.15) is 50.5 Å². The lowest BCUT2D eigenvalue weighted by Gasteiger charge is -2.22. The van der Waals surface area contributed by atoms with Crippen molar-refractivity contribution in [3.8, 4) is 11.4 Å². The van der Waals surface area contributed by atoms with Crippen LogP contribution in [-0.4, -0.2) is 15.1 Å². The molecule has 5 nitrogen and oxygen atoms in total. The van der Waals surface area contributed by atoms with Crippen molar-refractivity contribution in [1.82, 2.24) is 15.1 Å². The Morgan fingerprint density at radius 3 is 2.90 bits per heavy atom. The molecule has 0 radical (unpaired) electrons. The maximum absolute atomic E-state index is 6.21. The minimum absolute atomic E-state index is 0.156. The summed E-state index contributed by atoms with van der Waals surface area (Å²) < 4.78 is 5.31. The molecule has 0 spiro atoms. The molecule has 20 heavy (non-hydrogen) atoms. The average molecular weight is 272 g/mol. The molecule has 1 aliphatic rings. The van der Waals surface area contributed by atoms with Gasteiger partial charge in [-0.15, -0.1) is 0 Å². The van der Waals surface area contributed by atoms with Crippen molar-refractivity contribution in [2.45, 2.75) is 44.6 Å². The average Bonchev–Trinajstić information content (AvgIpc) is 2.99. The van der Waals surface area contributed by atoms with Gasteiger partial charge in [-0.2, -0.15) is 4.98 Å². The molecule has 0 saturated heterocycles. The van der Waals surface area contributed by atoms with Gasteiger partial charge in [0.15, 0.2) is 0 Å². The molecular formula is C15H20N4O. The second kappa shape index (κ2) is 6.13. The van der Waals surface area contributed by atoms with E-state index in [9.17, 15) is 0 Å². The predicted octanol–water partition coefficient (Wildman–Crippen LogP) is 3.10. The first-order chi connectivity index (χ1) is 9.83. The quantitative estimate of drug-likeness (QED) is 0.925. The fourth-order valence-corrected chi connectivity index (χ4v) is 2.88. The van der Waals surface area contributed by atoms with Gasteiger partial charge in [0.1, 0.15) is 0 Å². The van der Waals surface area contributed by atoms with Crippen LogP contribution in [0.25, 0.3) is 11.4 Å². The summed E-state index contributed by atoms with van der Waals surface area (Å²) in [6.45, 7) is 0. The van der Waals surface area contributed by atoms with Crippen LogP contribution < -0.4 is 5.73 Å². The highest BCUT2D eigenvalue weighted by molar-refractivity contribution is 5.51. The van der Waals surface area contributed by atoms with E-state index in [4.69, 9.17) is 10.3 Å². The van der Waals surface area contributed by atoms with Crippen molar-refractivity contribution in [3.63, 3.8) is 0 Å². The third-order valence-electron chi connectivity index (χ3n) is 3.99. The molecule has 1 atom stereocenters. The number of hydrogen-bond acceptors (Lipinski definition) is 5. The smallest absolute Gasteiger partial charge is 0.243 e. The van der Waals surface area contributed by atoms with E-state index in [1.165, 1.54) is 32.1 Å². The highest BCUT2D eigenvalue weighted by Gasteiger charge is 2.21. The van der Waals surface area contributed by atoms with Crippen LogP contribution in [0.2, 0.25) is 0 Å². The SMILES string of the molecule is NC(CC1CCCCC1)c1nc(-c2cccnc2)no1. The topological polar surface area (TPSA) is 77.8 Å². The molecule has 106 valence electrons. The van der Waals surface area contributed by atoms with Gasteiger partial charge in [0.25, 0.3) is 0 Å². The molecule has 2 N–H and O–H groups in total. The van der Waals surface area contributed by atoms with Gasteiger partial charge in [0.2, 0.25) is 11.7 Å². The van der Waals surface area contributed by atoms with E-state index in [0.717, 1.165) is 12.0 Å². The molecule has 1 saturated carbocycles. The highest BCUT2D eigenvalue weighted by Crippen LogP contribution is 2.30. The van der Waals surface area contributed by atoms with Crippen LogP contribution in [0.4, 0.5) is 0 Å². The van der Waals surface area contributed by atoms with E-state index in [-0.39, 0.29) is 6.04 Å². The van der Waals surface area contributed by atoms with Crippen LogP contribution in [0.3, 0.4) is 0 Å². The second-order valence-electron chi connectivity index (χ2n) is 5.54. The van der Waals surface area contributed by atoms with Crippen LogP contribution >= 0.6 is 0 Å². The van der Waals surface area contributed by atoms with Crippen LogP contribution in [0, 0.1) is 5.92 Å². The minimum atomic E-state index is -0.156. The Kier molecular flexibility index (Phi) is 4.06. The summed E-state index contributed by atoms with van der Waals surface area (Å²) >= 11 is 0. The third kappa shape index (κ3) is 3.04. The zero-order valence-corrected chi connectivity index (χ0v) is 11.5. The molecule has 2 heterocycles. The predicted molar refractivity (Wildman–Crippen MR) is 75.6 cm³/mol. The first-order valence-corrected chi connectivity index (χ1v) is 7.32. The highest BCUT2D eigenvalue weighted by atomic mass is 16.5. The van der Waals surface area contributed by atoms with Gasteiger partial charge in [-0.1, -0.05) is 37.3 Å². The van der Waals surface area contributed by atoms with Gasteiger partial charge in [0, 0.05) is 18.0 Å². The maximum atomic E-state index is 6.21. The third-order valence-corrected chi connectivity index (χ3v) is 3.99. The first kappa shape index (κ1) is 13.2. The monoisotopic (exact) mass is 272 g/mol. The van der Waals surface area contributed by atoms with Gasteiger partial charge >= 0.3 is 0 Å².